The molecule has 5 nitrogen and oxygen atoms in total. The van der Waals surface area contributed by atoms with Gasteiger partial charge < -0.3 is 10.0 Å². The van der Waals surface area contributed by atoms with Gasteiger partial charge in [0.05, 0.1) is 0 Å². The molecule has 0 aliphatic carbocycles. The first-order valence-corrected chi connectivity index (χ1v) is 5.60. The molecule has 0 aromatic heterocycles. The molecule has 84 valence electrons. The first-order chi connectivity index (χ1) is 6.99. The zero-order valence-corrected chi connectivity index (χ0v) is 9.25. The zero-order valence-electron chi connectivity index (χ0n) is 8.43. The maximum atomic E-state index is 11.3. The summed E-state index contributed by atoms with van der Waals surface area (Å²) in [6, 6.07) is 0. The van der Waals surface area contributed by atoms with Crippen molar-refractivity contribution in [2.75, 3.05) is 18.8 Å². The van der Waals surface area contributed by atoms with Gasteiger partial charge in [0, 0.05) is 25.6 Å². The Bertz CT molecular complexity index is 292. The fourth-order valence-corrected chi connectivity index (χ4v) is 2.21. The van der Waals surface area contributed by atoms with Crippen molar-refractivity contribution in [1.29, 1.82) is 0 Å². The molecule has 1 aliphatic rings. The van der Waals surface area contributed by atoms with Crippen molar-refractivity contribution in [3.63, 3.8) is 0 Å². The summed E-state index contributed by atoms with van der Waals surface area (Å²) in [6.45, 7) is 1.70. The summed E-state index contributed by atoms with van der Waals surface area (Å²) in [5.41, 5.74) is 0. The van der Waals surface area contributed by atoms with Crippen molar-refractivity contribution in [2.24, 2.45) is 5.92 Å². The van der Waals surface area contributed by atoms with Gasteiger partial charge in [0.2, 0.25) is 5.91 Å². The highest BCUT2D eigenvalue weighted by molar-refractivity contribution is 8.13. The van der Waals surface area contributed by atoms with Gasteiger partial charge in [-0.05, 0) is 5.92 Å². The van der Waals surface area contributed by atoms with E-state index in [1.54, 1.807) is 0 Å². The number of amides is 1. The number of likely N-dealkylation sites (tertiary alicyclic amines) is 1. The molecule has 1 N–H and O–H groups in total. The summed E-state index contributed by atoms with van der Waals surface area (Å²) < 4.78 is 0. The van der Waals surface area contributed by atoms with Crippen LogP contribution in [0.5, 0.6) is 0 Å². The quantitative estimate of drug-likeness (QED) is 0.748. The average Bonchev–Trinajstić information content (AvgIpc) is 2.43. The fourth-order valence-electron chi connectivity index (χ4n) is 1.52. The first-order valence-electron chi connectivity index (χ1n) is 4.62. The molecule has 15 heavy (non-hydrogen) atoms. The Kier molecular flexibility index (Phi) is 4.14. The molecule has 1 fully saturated rings. The molecular formula is C9H13NO4S. The number of carbonyl (C=O) groups excluding carboxylic acids is 2. The van der Waals surface area contributed by atoms with E-state index in [4.69, 9.17) is 5.11 Å². The van der Waals surface area contributed by atoms with Gasteiger partial charge in [-0.25, -0.2) is 0 Å². The Morgan fingerprint density at radius 3 is 2.80 bits per heavy atom. The molecule has 0 saturated carbocycles. The smallest absolute Gasteiger partial charge is 0.323 e. The van der Waals surface area contributed by atoms with E-state index < -0.39 is 5.97 Å². The monoisotopic (exact) mass is 231 g/mol. The molecule has 1 rings (SSSR count). The lowest BCUT2D eigenvalue weighted by molar-refractivity contribution is -0.142. The Labute approximate surface area is 91.8 Å². The molecular weight excluding hydrogens is 218 g/mol. The van der Waals surface area contributed by atoms with E-state index in [9.17, 15) is 14.4 Å². The maximum Gasteiger partial charge on any atom is 0.323 e. The number of rotatable bonds is 4. The maximum absolute atomic E-state index is 11.3. The van der Waals surface area contributed by atoms with Crippen molar-refractivity contribution in [2.45, 2.75) is 13.3 Å². The Morgan fingerprint density at radius 1 is 1.60 bits per heavy atom. The van der Waals surface area contributed by atoms with Gasteiger partial charge in [0.15, 0.2) is 5.12 Å². The Hall–Kier alpha value is -1.04. The lowest BCUT2D eigenvalue weighted by Crippen LogP contribution is -2.31. The molecule has 0 bridgehead atoms. The molecule has 1 unspecified atom stereocenters. The first kappa shape index (κ1) is 12.0. The van der Waals surface area contributed by atoms with E-state index >= 15 is 0 Å². The van der Waals surface area contributed by atoms with Crippen LogP contribution in [0.2, 0.25) is 0 Å². The van der Waals surface area contributed by atoms with Crippen molar-refractivity contribution in [3.05, 3.63) is 0 Å². The van der Waals surface area contributed by atoms with Crippen molar-refractivity contribution < 1.29 is 19.5 Å². The highest BCUT2D eigenvalue weighted by Crippen LogP contribution is 2.21. The van der Waals surface area contributed by atoms with E-state index in [2.05, 4.69) is 0 Å². The van der Waals surface area contributed by atoms with E-state index in [-0.39, 0.29) is 23.5 Å². The summed E-state index contributed by atoms with van der Waals surface area (Å²) >= 11 is 1.19. The van der Waals surface area contributed by atoms with E-state index in [1.165, 1.54) is 23.6 Å². The molecule has 0 aromatic carbocycles. The minimum absolute atomic E-state index is 0.0270. The normalized spacial score (nSPS) is 20.7. The summed E-state index contributed by atoms with van der Waals surface area (Å²) in [6.07, 6.45) is 0.355. The summed E-state index contributed by atoms with van der Waals surface area (Å²) in [5.74, 6) is -0.433. The predicted octanol–water partition coefficient (Wildman–Crippen LogP) is 0.199. The topological polar surface area (TPSA) is 74.7 Å². The van der Waals surface area contributed by atoms with Crippen LogP contribution in [-0.2, 0) is 14.4 Å². The van der Waals surface area contributed by atoms with Gasteiger partial charge in [0.25, 0.3) is 0 Å². The zero-order chi connectivity index (χ0) is 11.4. The Morgan fingerprint density at radius 2 is 2.27 bits per heavy atom. The number of aliphatic carboxylic acids is 1. The minimum Gasteiger partial charge on any atom is -0.480 e. The highest BCUT2D eigenvalue weighted by atomic mass is 32.2. The summed E-state index contributed by atoms with van der Waals surface area (Å²) in [4.78, 5) is 33.8. The molecule has 1 amide bonds. The third-order valence-corrected chi connectivity index (χ3v) is 3.19. The molecule has 1 saturated heterocycles. The minimum atomic E-state index is -0.997. The molecule has 1 heterocycles. The van der Waals surface area contributed by atoms with Crippen molar-refractivity contribution >= 4 is 28.8 Å². The number of hydrogen-bond donors (Lipinski definition) is 1. The largest absolute Gasteiger partial charge is 0.480 e. The molecule has 1 aliphatic heterocycles. The van der Waals surface area contributed by atoms with Crippen LogP contribution < -0.4 is 0 Å². The fraction of sp³-hybridized carbons (Fsp3) is 0.667. The van der Waals surface area contributed by atoms with Gasteiger partial charge in [0.1, 0.15) is 6.54 Å². The van der Waals surface area contributed by atoms with Crippen LogP contribution >= 0.6 is 11.8 Å². The predicted molar refractivity (Wildman–Crippen MR) is 55.5 cm³/mol. The summed E-state index contributed by atoms with van der Waals surface area (Å²) in [7, 11) is 0. The van der Waals surface area contributed by atoms with Crippen LogP contribution in [0.4, 0.5) is 0 Å². The lowest BCUT2D eigenvalue weighted by atomic mass is 10.1. The third-order valence-electron chi connectivity index (χ3n) is 2.14. The number of carbonyl (C=O) groups is 3. The average molecular weight is 231 g/mol. The van der Waals surface area contributed by atoms with Crippen molar-refractivity contribution in [1.82, 2.24) is 4.90 Å². The SMILES string of the molecule is CC(=O)SCC1CC(=O)N(CC(=O)O)C1. The molecule has 1 atom stereocenters. The number of carboxylic acid groups (broad SMARTS) is 1. The second-order valence-corrected chi connectivity index (χ2v) is 4.74. The highest BCUT2D eigenvalue weighted by Gasteiger charge is 2.30. The second kappa shape index (κ2) is 5.16. The number of nitrogens with zero attached hydrogens (tertiary/aromatic N) is 1. The van der Waals surface area contributed by atoms with Crippen LogP contribution in [0.1, 0.15) is 13.3 Å². The van der Waals surface area contributed by atoms with E-state index in [0.29, 0.717) is 18.7 Å². The molecule has 0 spiro atoms. The van der Waals surface area contributed by atoms with Crippen LogP contribution in [0.15, 0.2) is 0 Å². The lowest BCUT2D eigenvalue weighted by Gasteiger charge is -2.12. The standard InChI is InChI=1S/C9H13NO4S/c1-6(11)15-5-7-2-8(12)10(3-7)4-9(13)14/h7H,2-5H2,1H3,(H,13,14). The van der Waals surface area contributed by atoms with Gasteiger partial charge >= 0.3 is 5.97 Å². The molecule has 6 heteroatoms. The van der Waals surface area contributed by atoms with Gasteiger partial charge in [-0.2, -0.15) is 0 Å². The van der Waals surface area contributed by atoms with Crippen LogP contribution in [-0.4, -0.2) is 45.8 Å². The van der Waals surface area contributed by atoms with Gasteiger partial charge in [-0.15, -0.1) is 0 Å². The van der Waals surface area contributed by atoms with Gasteiger partial charge in [-0.3, -0.25) is 14.4 Å². The number of thioether (sulfide) groups is 1. The van der Waals surface area contributed by atoms with Crippen LogP contribution in [0.3, 0.4) is 0 Å². The summed E-state index contributed by atoms with van der Waals surface area (Å²) in [5, 5.41) is 8.57. The molecule has 0 radical (unpaired) electrons. The number of carboxylic acids is 1. The second-order valence-electron chi connectivity index (χ2n) is 3.54. The third kappa shape index (κ3) is 3.91. The van der Waals surface area contributed by atoms with Crippen molar-refractivity contribution in [3.8, 4) is 0 Å². The van der Waals surface area contributed by atoms with E-state index in [0.717, 1.165) is 0 Å². The van der Waals surface area contributed by atoms with Crippen LogP contribution in [0.25, 0.3) is 0 Å². The Balaban J connectivity index is 2.38. The molecule has 0 aromatic rings. The van der Waals surface area contributed by atoms with Crippen LogP contribution in [0, 0.1) is 5.92 Å². The van der Waals surface area contributed by atoms with E-state index in [1.807, 2.05) is 0 Å². The van der Waals surface area contributed by atoms with Gasteiger partial charge in [-0.1, -0.05) is 11.8 Å². The number of hydrogen-bond acceptors (Lipinski definition) is 4.